The molecule has 3 aromatic rings. The molecule has 0 saturated heterocycles. The van der Waals surface area contributed by atoms with E-state index in [1.54, 1.807) is 35.2 Å². The molecule has 6 nitrogen and oxygen atoms in total. The van der Waals surface area contributed by atoms with Crippen molar-refractivity contribution in [2.75, 3.05) is 5.32 Å². The lowest BCUT2D eigenvalue weighted by Crippen LogP contribution is -2.14. The maximum absolute atomic E-state index is 12.5. The number of aromatic nitrogens is 2. The summed E-state index contributed by atoms with van der Waals surface area (Å²) in [6.45, 7) is 0. The Morgan fingerprint density at radius 1 is 1.29 bits per heavy atom. The van der Waals surface area contributed by atoms with Gasteiger partial charge >= 0.3 is 0 Å². The molecule has 2 aromatic heterocycles. The highest BCUT2D eigenvalue weighted by atomic mass is 35.5. The normalized spacial score (nSPS) is 11.4. The van der Waals surface area contributed by atoms with Crippen LogP contribution in [0, 0.1) is 0 Å². The van der Waals surface area contributed by atoms with Crippen LogP contribution in [0.3, 0.4) is 0 Å². The summed E-state index contributed by atoms with van der Waals surface area (Å²) < 4.78 is 26.0. The van der Waals surface area contributed by atoms with Gasteiger partial charge in [0.05, 0.1) is 17.0 Å². The Balaban J connectivity index is 1.77. The summed E-state index contributed by atoms with van der Waals surface area (Å²) >= 11 is 7.32. The number of carbonyl (C=O) groups is 1. The largest absolute Gasteiger partial charge is 0.319 e. The van der Waals surface area contributed by atoms with Gasteiger partial charge in [0.1, 0.15) is 5.69 Å². The molecule has 0 aliphatic carbocycles. The Hall–Kier alpha value is -2.16. The molecule has 24 heavy (non-hydrogen) atoms. The summed E-state index contributed by atoms with van der Waals surface area (Å²) in [6.07, 6.45) is 2.72. The summed E-state index contributed by atoms with van der Waals surface area (Å²) in [5, 5.41) is 4.61. The Morgan fingerprint density at radius 3 is 2.79 bits per heavy atom. The number of carbonyl (C=O) groups excluding carboxylic acids is 1. The first-order valence-electron chi connectivity index (χ1n) is 6.80. The smallest absolute Gasteiger partial charge is 0.275 e. The molecule has 0 saturated carbocycles. The number of hydrogen-bond donors (Lipinski definition) is 1. The predicted octanol–water partition coefficient (Wildman–Crippen LogP) is 3.23. The summed E-state index contributed by atoms with van der Waals surface area (Å²) in [4.78, 5) is 15.8. The number of nitrogens with one attached hydrogen (secondary N) is 1. The third-order valence-electron chi connectivity index (χ3n) is 3.21. The maximum Gasteiger partial charge on any atom is 0.275 e. The van der Waals surface area contributed by atoms with Crippen LogP contribution in [0.25, 0.3) is 0 Å². The first-order chi connectivity index (χ1) is 11.5. The number of hydrogen-bond acceptors (Lipinski definition) is 5. The van der Waals surface area contributed by atoms with Crippen LogP contribution >= 0.6 is 22.9 Å². The minimum absolute atomic E-state index is 0.235. The molecular formula is C15H12ClN3O3S2. The average Bonchev–Trinajstić information content (AvgIpc) is 3.20. The number of anilines is 1. The number of benzene rings is 1. The van der Waals surface area contributed by atoms with Gasteiger partial charge in [-0.05, 0) is 17.7 Å². The van der Waals surface area contributed by atoms with E-state index in [9.17, 15) is 13.2 Å². The van der Waals surface area contributed by atoms with Gasteiger partial charge in [-0.3, -0.25) is 8.77 Å². The lowest BCUT2D eigenvalue weighted by atomic mass is 10.2. The Bertz CT molecular complexity index is 966. The lowest BCUT2D eigenvalue weighted by Gasteiger charge is -2.07. The molecule has 1 N–H and O–H groups in total. The van der Waals surface area contributed by atoms with Crippen LogP contribution < -0.4 is 5.32 Å². The van der Waals surface area contributed by atoms with Gasteiger partial charge in [0.2, 0.25) is 10.0 Å². The van der Waals surface area contributed by atoms with E-state index in [4.69, 9.17) is 11.6 Å². The van der Waals surface area contributed by atoms with Crippen molar-refractivity contribution in [2.24, 2.45) is 0 Å². The zero-order valence-electron chi connectivity index (χ0n) is 12.2. The van der Waals surface area contributed by atoms with E-state index in [2.05, 4.69) is 10.3 Å². The van der Waals surface area contributed by atoms with Gasteiger partial charge < -0.3 is 5.32 Å². The number of halogens is 1. The molecule has 1 amide bonds. The molecule has 0 aliphatic rings. The van der Waals surface area contributed by atoms with Crippen molar-refractivity contribution in [3.8, 4) is 0 Å². The Labute approximate surface area is 147 Å². The van der Waals surface area contributed by atoms with Gasteiger partial charge in [-0.15, -0.1) is 11.3 Å². The van der Waals surface area contributed by atoms with Gasteiger partial charge in [0, 0.05) is 22.8 Å². The van der Waals surface area contributed by atoms with Crippen molar-refractivity contribution in [2.45, 2.75) is 5.75 Å². The molecule has 124 valence electrons. The fraction of sp³-hybridized carbons (Fsp3) is 0.0667. The van der Waals surface area contributed by atoms with Gasteiger partial charge in [-0.25, -0.2) is 13.4 Å². The highest BCUT2D eigenvalue weighted by Crippen LogP contribution is 2.20. The standard InChI is InChI=1S/C15H12ClN3O3S2/c16-13-4-2-1-3-11(13)9-24(21,22)19-6-5-12(7-19)18-15(20)14-8-23-10-17-14/h1-8,10H,9H2,(H,18,20). The summed E-state index contributed by atoms with van der Waals surface area (Å²) in [5.41, 5.74) is 2.72. The third kappa shape index (κ3) is 3.66. The molecule has 9 heteroatoms. The van der Waals surface area contributed by atoms with Crippen molar-refractivity contribution in [3.05, 3.63) is 69.9 Å². The van der Waals surface area contributed by atoms with Crippen molar-refractivity contribution >= 4 is 44.6 Å². The van der Waals surface area contributed by atoms with Crippen LogP contribution in [0.15, 0.2) is 53.6 Å². The molecule has 0 aliphatic heterocycles. The van der Waals surface area contributed by atoms with E-state index in [0.29, 0.717) is 16.3 Å². The van der Waals surface area contributed by atoms with Crippen LogP contribution in [0.1, 0.15) is 16.1 Å². The Morgan fingerprint density at radius 2 is 2.08 bits per heavy atom. The van der Waals surface area contributed by atoms with Gasteiger partial charge in [0.25, 0.3) is 5.91 Å². The fourth-order valence-corrected chi connectivity index (χ4v) is 4.16. The predicted molar refractivity (Wildman–Crippen MR) is 94.0 cm³/mol. The van der Waals surface area contributed by atoms with E-state index in [1.165, 1.54) is 29.8 Å². The van der Waals surface area contributed by atoms with Gasteiger partial charge in [-0.2, -0.15) is 0 Å². The average molecular weight is 382 g/mol. The monoisotopic (exact) mass is 381 g/mol. The number of amides is 1. The second-order valence-corrected chi connectivity index (χ2v) is 7.91. The van der Waals surface area contributed by atoms with Gasteiger partial charge in [0.15, 0.2) is 0 Å². The molecule has 0 unspecified atom stereocenters. The first-order valence-corrected chi connectivity index (χ1v) is 9.73. The second-order valence-electron chi connectivity index (χ2n) is 4.91. The molecular weight excluding hydrogens is 370 g/mol. The highest BCUT2D eigenvalue weighted by Gasteiger charge is 2.17. The molecule has 3 rings (SSSR count). The highest BCUT2D eigenvalue weighted by molar-refractivity contribution is 7.89. The quantitative estimate of drug-likeness (QED) is 0.735. The van der Waals surface area contributed by atoms with Gasteiger partial charge in [-0.1, -0.05) is 29.8 Å². The fourth-order valence-electron chi connectivity index (χ4n) is 2.03. The molecule has 0 radical (unpaired) electrons. The van der Waals surface area contributed by atoms with Crippen LogP contribution in [-0.2, 0) is 15.8 Å². The van der Waals surface area contributed by atoms with Crippen LogP contribution in [0.5, 0.6) is 0 Å². The van der Waals surface area contributed by atoms with E-state index < -0.39 is 15.9 Å². The molecule has 0 bridgehead atoms. The van der Waals surface area contributed by atoms with Crippen molar-refractivity contribution in [1.29, 1.82) is 0 Å². The SMILES string of the molecule is O=C(Nc1ccn(S(=O)(=O)Cc2ccccc2Cl)c1)c1cscn1. The summed E-state index contributed by atoms with van der Waals surface area (Å²) in [6, 6.07) is 8.27. The molecule has 2 heterocycles. The molecule has 1 aromatic carbocycles. The minimum Gasteiger partial charge on any atom is -0.319 e. The lowest BCUT2D eigenvalue weighted by molar-refractivity contribution is 0.102. The number of rotatable bonds is 5. The second kappa shape index (κ2) is 6.76. The van der Waals surface area contributed by atoms with Crippen molar-refractivity contribution < 1.29 is 13.2 Å². The minimum atomic E-state index is -3.64. The van der Waals surface area contributed by atoms with E-state index >= 15 is 0 Å². The van der Waals surface area contributed by atoms with E-state index in [1.807, 2.05) is 0 Å². The van der Waals surface area contributed by atoms with Crippen LogP contribution in [-0.4, -0.2) is 23.3 Å². The van der Waals surface area contributed by atoms with Crippen LogP contribution in [0.4, 0.5) is 5.69 Å². The number of nitrogens with zero attached hydrogens (tertiary/aromatic N) is 2. The first kappa shape index (κ1) is 16.7. The zero-order chi connectivity index (χ0) is 17.2. The third-order valence-corrected chi connectivity index (χ3v) is 5.71. The van der Waals surface area contributed by atoms with Crippen LogP contribution in [0.2, 0.25) is 5.02 Å². The molecule has 0 fully saturated rings. The summed E-state index contributed by atoms with van der Waals surface area (Å²) in [5.74, 6) is -0.626. The molecule has 0 spiro atoms. The topological polar surface area (TPSA) is 81.1 Å². The Kier molecular flexibility index (Phi) is 4.70. The zero-order valence-corrected chi connectivity index (χ0v) is 14.6. The maximum atomic E-state index is 12.5. The van der Waals surface area contributed by atoms with E-state index in [0.717, 1.165) is 3.97 Å². The van der Waals surface area contributed by atoms with Crippen molar-refractivity contribution in [1.82, 2.24) is 8.96 Å². The van der Waals surface area contributed by atoms with Crippen molar-refractivity contribution in [3.63, 3.8) is 0 Å². The molecule has 0 atom stereocenters. The summed E-state index contributed by atoms with van der Waals surface area (Å²) in [7, 11) is -3.64. The van der Waals surface area contributed by atoms with E-state index in [-0.39, 0.29) is 11.4 Å². The number of thiazole rings is 1.